The molecule has 0 aromatic heterocycles. The van der Waals surface area contributed by atoms with Crippen molar-refractivity contribution in [1.29, 1.82) is 0 Å². The molecule has 0 unspecified atom stereocenters. The summed E-state index contributed by atoms with van der Waals surface area (Å²) in [6.07, 6.45) is 7.97. The highest BCUT2D eigenvalue weighted by Gasteiger charge is 2.25. The van der Waals surface area contributed by atoms with E-state index in [4.69, 9.17) is 4.74 Å². The lowest BCUT2D eigenvalue weighted by molar-refractivity contribution is -0.128. The zero-order chi connectivity index (χ0) is 6.97. The summed E-state index contributed by atoms with van der Waals surface area (Å²) in [5.41, 5.74) is 0. The second-order valence-corrected chi connectivity index (χ2v) is 2.51. The Balaban J connectivity index is 2.30. The first-order chi connectivity index (χ1) is 4.86. The summed E-state index contributed by atoms with van der Waals surface area (Å²) >= 11 is 0. The fourth-order valence-corrected chi connectivity index (χ4v) is 1.22. The third-order valence-corrected chi connectivity index (χ3v) is 1.76. The van der Waals surface area contributed by atoms with Crippen LogP contribution in [0.2, 0.25) is 0 Å². The molecule has 10 heavy (non-hydrogen) atoms. The lowest BCUT2D eigenvalue weighted by atomic mass is 10.0. The van der Waals surface area contributed by atoms with Crippen molar-refractivity contribution in [3.63, 3.8) is 0 Å². The topological polar surface area (TPSA) is 26.3 Å². The molecular formula is C8H8O2. The number of carbonyl (C=O) groups is 1. The molecular weight excluding hydrogens is 128 g/mol. The van der Waals surface area contributed by atoms with Gasteiger partial charge in [0, 0.05) is 0 Å². The molecule has 0 amide bonds. The van der Waals surface area contributed by atoms with Gasteiger partial charge in [-0.15, -0.1) is 0 Å². The van der Waals surface area contributed by atoms with Crippen LogP contribution in [0.5, 0.6) is 0 Å². The van der Waals surface area contributed by atoms with Crippen LogP contribution in [0.25, 0.3) is 0 Å². The Hall–Kier alpha value is -0.890. The average Bonchev–Trinajstić information content (AvgIpc) is 1.99. The largest absolute Gasteiger partial charge is 0.358 e. The third-order valence-electron chi connectivity index (χ3n) is 1.76. The van der Waals surface area contributed by atoms with Crippen LogP contribution in [-0.2, 0) is 9.53 Å². The van der Waals surface area contributed by atoms with Crippen LogP contribution < -0.4 is 0 Å². The quantitative estimate of drug-likeness (QED) is 0.461. The summed E-state index contributed by atoms with van der Waals surface area (Å²) in [7, 11) is 0. The number of ketones is 1. The maximum absolute atomic E-state index is 11.0. The van der Waals surface area contributed by atoms with Crippen molar-refractivity contribution in [1.82, 2.24) is 0 Å². The smallest absolute Gasteiger partial charge is 0.184 e. The summed E-state index contributed by atoms with van der Waals surface area (Å²) in [6, 6.07) is 0. The Labute approximate surface area is 59.2 Å². The van der Waals surface area contributed by atoms with E-state index in [0.29, 0.717) is 0 Å². The van der Waals surface area contributed by atoms with E-state index in [1.807, 2.05) is 12.2 Å². The van der Waals surface area contributed by atoms with Crippen molar-refractivity contribution in [3.05, 3.63) is 24.3 Å². The van der Waals surface area contributed by atoms with E-state index < -0.39 is 0 Å². The monoisotopic (exact) mass is 136 g/mol. The molecule has 0 N–H and O–H groups in total. The molecule has 2 heteroatoms. The number of fused-ring (bicyclic) bond motifs is 2. The summed E-state index contributed by atoms with van der Waals surface area (Å²) in [5, 5.41) is 0. The lowest BCUT2D eigenvalue weighted by Gasteiger charge is -2.25. The minimum atomic E-state index is -0.194. The predicted molar refractivity (Wildman–Crippen MR) is 36.6 cm³/mol. The Kier molecular flexibility index (Phi) is 1.21. The number of hydrogen-bond donors (Lipinski definition) is 0. The van der Waals surface area contributed by atoms with Gasteiger partial charge >= 0.3 is 0 Å². The van der Waals surface area contributed by atoms with Crippen molar-refractivity contribution in [2.75, 3.05) is 0 Å². The van der Waals surface area contributed by atoms with E-state index in [2.05, 4.69) is 0 Å². The summed E-state index contributed by atoms with van der Waals surface area (Å²) < 4.78 is 5.31. The number of ether oxygens (including phenoxy) is 1. The first kappa shape index (κ1) is 5.86. The molecule has 0 fully saturated rings. The molecule has 0 aromatic carbocycles. The highest BCUT2D eigenvalue weighted by atomic mass is 16.5. The van der Waals surface area contributed by atoms with E-state index in [1.54, 1.807) is 12.2 Å². The van der Waals surface area contributed by atoms with Crippen LogP contribution in [0, 0.1) is 0 Å². The van der Waals surface area contributed by atoms with Crippen molar-refractivity contribution >= 4 is 5.78 Å². The van der Waals surface area contributed by atoms with Gasteiger partial charge in [0.15, 0.2) is 5.78 Å². The average molecular weight is 136 g/mol. The number of hydrogen-bond acceptors (Lipinski definition) is 2. The van der Waals surface area contributed by atoms with Gasteiger partial charge in [0.25, 0.3) is 0 Å². The normalized spacial score (nSPS) is 36.6. The zero-order valence-electron chi connectivity index (χ0n) is 5.49. The van der Waals surface area contributed by atoms with Gasteiger partial charge in [-0.25, -0.2) is 0 Å². The van der Waals surface area contributed by atoms with Crippen LogP contribution in [0.1, 0.15) is 6.42 Å². The first-order valence-corrected chi connectivity index (χ1v) is 3.40. The van der Waals surface area contributed by atoms with E-state index in [9.17, 15) is 4.79 Å². The van der Waals surface area contributed by atoms with Crippen LogP contribution in [0.4, 0.5) is 0 Å². The minimum Gasteiger partial charge on any atom is -0.358 e. The van der Waals surface area contributed by atoms with Crippen LogP contribution in [-0.4, -0.2) is 18.0 Å². The molecule has 52 valence electrons. The second kappa shape index (κ2) is 2.06. The Bertz CT molecular complexity index is 215. The fourth-order valence-electron chi connectivity index (χ4n) is 1.22. The van der Waals surface area contributed by atoms with Gasteiger partial charge in [0.05, 0.1) is 6.10 Å². The highest BCUT2D eigenvalue weighted by molar-refractivity contribution is 5.94. The molecule has 2 rings (SSSR count). The molecule has 0 radical (unpaired) electrons. The molecule has 0 aliphatic carbocycles. The van der Waals surface area contributed by atoms with Crippen LogP contribution in [0.3, 0.4) is 0 Å². The van der Waals surface area contributed by atoms with E-state index in [1.165, 1.54) is 0 Å². The van der Waals surface area contributed by atoms with Gasteiger partial charge in [0.2, 0.25) is 0 Å². The maximum atomic E-state index is 11.0. The molecule has 0 spiro atoms. The fraction of sp³-hybridized carbons (Fsp3) is 0.375. The highest BCUT2D eigenvalue weighted by Crippen LogP contribution is 2.18. The van der Waals surface area contributed by atoms with Gasteiger partial charge in [-0.2, -0.15) is 0 Å². The molecule has 0 aromatic rings. The van der Waals surface area contributed by atoms with E-state index >= 15 is 0 Å². The van der Waals surface area contributed by atoms with Gasteiger partial charge in [-0.05, 0) is 18.6 Å². The number of carbonyl (C=O) groups excluding carboxylic acids is 1. The van der Waals surface area contributed by atoms with Gasteiger partial charge in [-0.1, -0.05) is 12.2 Å². The lowest BCUT2D eigenvalue weighted by Crippen LogP contribution is -2.32. The third kappa shape index (κ3) is 0.809. The Morgan fingerprint density at radius 1 is 1.50 bits per heavy atom. The Morgan fingerprint density at radius 2 is 2.40 bits per heavy atom. The minimum absolute atomic E-state index is 0.0523. The molecule has 2 bridgehead atoms. The summed E-state index contributed by atoms with van der Waals surface area (Å²) in [6.45, 7) is 0. The first-order valence-electron chi connectivity index (χ1n) is 3.40. The van der Waals surface area contributed by atoms with Gasteiger partial charge in [0.1, 0.15) is 6.10 Å². The van der Waals surface area contributed by atoms with Crippen molar-refractivity contribution in [2.45, 2.75) is 18.6 Å². The van der Waals surface area contributed by atoms with E-state index in [0.717, 1.165) is 6.42 Å². The zero-order valence-corrected chi connectivity index (χ0v) is 5.49. The molecule has 2 aliphatic rings. The molecule has 0 saturated heterocycles. The Morgan fingerprint density at radius 3 is 3.20 bits per heavy atom. The van der Waals surface area contributed by atoms with Crippen LogP contribution in [0.15, 0.2) is 24.3 Å². The molecule has 2 atom stereocenters. The van der Waals surface area contributed by atoms with Crippen molar-refractivity contribution in [3.8, 4) is 0 Å². The standard InChI is InChI=1S/C8H8O2/c9-7-5-4-6-2-1-3-8(7)10-6/h1-2,4-6,8H,3H2/t6-,8+/m0/s1. The molecule has 0 saturated carbocycles. The van der Waals surface area contributed by atoms with Gasteiger partial charge in [-0.3, -0.25) is 4.79 Å². The van der Waals surface area contributed by atoms with Crippen molar-refractivity contribution in [2.24, 2.45) is 0 Å². The number of rotatable bonds is 0. The molecule has 2 nitrogen and oxygen atoms in total. The summed E-state index contributed by atoms with van der Waals surface area (Å²) in [4.78, 5) is 11.0. The van der Waals surface area contributed by atoms with Gasteiger partial charge < -0.3 is 4.74 Å². The summed E-state index contributed by atoms with van der Waals surface area (Å²) in [5.74, 6) is 0.0978. The second-order valence-electron chi connectivity index (χ2n) is 2.51. The van der Waals surface area contributed by atoms with Crippen LogP contribution >= 0.6 is 0 Å². The van der Waals surface area contributed by atoms with E-state index in [-0.39, 0.29) is 18.0 Å². The maximum Gasteiger partial charge on any atom is 0.184 e. The molecule has 2 heterocycles. The predicted octanol–water partition coefficient (Wildman–Crippen LogP) is 0.839. The molecule has 2 aliphatic heterocycles. The SMILES string of the molecule is O=C1C=C[C@@H]2C=CC[C@H]1O2. The van der Waals surface area contributed by atoms with Crippen molar-refractivity contribution < 1.29 is 9.53 Å².